The third-order valence-corrected chi connectivity index (χ3v) is 8.17. The van der Waals surface area contributed by atoms with Gasteiger partial charge in [-0.2, -0.15) is 0 Å². The minimum atomic E-state index is -1.23. The molecular formula is C27H37F3N4O4. The number of carbonyl (C=O) groups excluding carboxylic acids is 3. The predicted octanol–water partition coefficient (Wildman–Crippen LogP) is 3.07. The highest BCUT2D eigenvalue weighted by atomic mass is 19.2. The third kappa shape index (κ3) is 6.31. The van der Waals surface area contributed by atoms with E-state index in [9.17, 15) is 32.8 Å². The molecule has 2 saturated heterocycles. The number of rotatable bonds is 10. The molecule has 38 heavy (non-hydrogen) atoms. The first-order chi connectivity index (χ1) is 17.9. The van der Waals surface area contributed by atoms with Gasteiger partial charge >= 0.3 is 0 Å². The Balaban J connectivity index is 1.38. The summed E-state index contributed by atoms with van der Waals surface area (Å²) in [6.45, 7) is 6.34. The van der Waals surface area contributed by atoms with Crippen molar-refractivity contribution in [2.75, 3.05) is 19.6 Å². The van der Waals surface area contributed by atoms with Crippen LogP contribution in [0.25, 0.3) is 0 Å². The lowest BCUT2D eigenvalue weighted by Gasteiger charge is -2.35. The predicted molar refractivity (Wildman–Crippen MR) is 132 cm³/mol. The van der Waals surface area contributed by atoms with Crippen molar-refractivity contribution in [2.45, 2.75) is 77.5 Å². The molecule has 3 fully saturated rings. The van der Waals surface area contributed by atoms with E-state index < -0.39 is 34.8 Å². The van der Waals surface area contributed by atoms with Crippen LogP contribution in [0.1, 0.15) is 58.4 Å². The van der Waals surface area contributed by atoms with Gasteiger partial charge in [-0.15, -0.1) is 0 Å². The highest BCUT2D eigenvalue weighted by Gasteiger charge is 2.55. The number of benzene rings is 1. The second-order valence-electron chi connectivity index (χ2n) is 12.0. The van der Waals surface area contributed by atoms with E-state index in [-0.39, 0.29) is 49.0 Å². The standard InChI is InChI=1S/C27H37F3N4O4/c1-27(2,3)24(31-25(36)18(11-33(38)15-35)8-16-6-4-5-7-16)26(37)32-13-22-23(14-32)34(22)12-17-9-20(29)21(30)10-19(17)28/h9-10,15-16,18,22-24,38H,4-8,11-14H2,1-3H3,(H,31,36)/t18-,22-,23+,24-,34?/m1/s1. The number of piperazine rings is 1. The zero-order valence-electron chi connectivity index (χ0n) is 22.1. The summed E-state index contributed by atoms with van der Waals surface area (Å²) < 4.78 is 40.9. The van der Waals surface area contributed by atoms with E-state index in [1.54, 1.807) is 4.90 Å². The average molecular weight is 539 g/mol. The van der Waals surface area contributed by atoms with Crippen molar-refractivity contribution < 1.29 is 32.8 Å². The number of hydrogen-bond acceptors (Lipinski definition) is 5. The minimum Gasteiger partial charge on any atom is -0.344 e. The van der Waals surface area contributed by atoms with E-state index in [0.717, 1.165) is 31.7 Å². The number of hydrogen-bond donors (Lipinski definition) is 2. The molecule has 2 heterocycles. The summed E-state index contributed by atoms with van der Waals surface area (Å²) in [7, 11) is 0. The van der Waals surface area contributed by atoms with Crippen molar-refractivity contribution in [1.82, 2.24) is 20.2 Å². The van der Waals surface area contributed by atoms with Crippen LogP contribution in [0, 0.1) is 34.7 Å². The van der Waals surface area contributed by atoms with E-state index >= 15 is 0 Å². The summed E-state index contributed by atoms with van der Waals surface area (Å²) in [6.07, 6.45) is 4.99. The summed E-state index contributed by atoms with van der Waals surface area (Å²) in [4.78, 5) is 41.5. The Morgan fingerprint density at radius 1 is 1.11 bits per heavy atom. The molecule has 0 spiro atoms. The third-order valence-electron chi connectivity index (χ3n) is 8.17. The SMILES string of the molecule is CC(C)(C)[C@H](NC(=O)[C@H](CC1CCCC1)CN(O)C=O)C(=O)N1C[C@@H]2[C@H](C1)N2Cc1cc(F)c(F)cc1F. The van der Waals surface area contributed by atoms with Crippen LogP contribution < -0.4 is 5.32 Å². The van der Waals surface area contributed by atoms with Gasteiger partial charge in [0.15, 0.2) is 11.6 Å². The lowest BCUT2D eigenvalue weighted by molar-refractivity contribution is -0.156. The normalized spacial score (nSPS) is 24.6. The van der Waals surface area contributed by atoms with Gasteiger partial charge in [-0.25, -0.2) is 18.2 Å². The Bertz CT molecular complexity index is 1050. The van der Waals surface area contributed by atoms with Gasteiger partial charge in [-0.05, 0) is 23.8 Å². The van der Waals surface area contributed by atoms with Gasteiger partial charge in [0.1, 0.15) is 11.9 Å². The fraction of sp³-hybridized carbons (Fsp3) is 0.667. The summed E-state index contributed by atoms with van der Waals surface area (Å²) in [6, 6.07) is 0.551. The van der Waals surface area contributed by atoms with E-state index in [1.165, 1.54) is 0 Å². The number of nitrogens with one attached hydrogen (secondary N) is 1. The van der Waals surface area contributed by atoms with Crippen LogP contribution in [0.3, 0.4) is 0 Å². The van der Waals surface area contributed by atoms with E-state index in [2.05, 4.69) is 5.32 Å². The van der Waals surface area contributed by atoms with Crippen LogP contribution in [0.4, 0.5) is 13.2 Å². The summed E-state index contributed by atoms with van der Waals surface area (Å²) in [5, 5.41) is 13.2. The molecule has 210 valence electrons. The summed E-state index contributed by atoms with van der Waals surface area (Å²) >= 11 is 0. The molecule has 4 rings (SSSR count). The Morgan fingerprint density at radius 2 is 1.71 bits per heavy atom. The maximum absolute atomic E-state index is 14.1. The highest BCUT2D eigenvalue weighted by Crippen LogP contribution is 2.39. The molecule has 1 aliphatic carbocycles. The first kappa shape index (κ1) is 28.4. The average Bonchev–Trinajstić information content (AvgIpc) is 3.23. The van der Waals surface area contributed by atoms with Crippen molar-refractivity contribution in [3.63, 3.8) is 0 Å². The number of hydroxylamine groups is 2. The Kier molecular flexibility index (Phi) is 8.37. The molecule has 0 bridgehead atoms. The van der Waals surface area contributed by atoms with Gasteiger partial charge in [0.25, 0.3) is 0 Å². The largest absolute Gasteiger partial charge is 0.344 e. The molecule has 11 heteroatoms. The van der Waals surface area contributed by atoms with Gasteiger partial charge in [-0.1, -0.05) is 46.5 Å². The molecule has 2 N–H and O–H groups in total. The first-order valence-corrected chi connectivity index (χ1v) is 13.3. The second kappa shape index (κ2) is 11.2. The molecule has 3 amide bonds. The van der Waals surface area contributed by atoms with Crippen LogP contribution in [0.15, 0.2) is 12.1 Å². The van der Waals surface area contributed by atoms with Crippen LogP contribution in [0.5, 0.6) is 0 Å². The smallest absolute Gasteiger partial charge is 0.245 e. The molecule has 0 aromatic heterocycles. The van der Waals surface area contributed by atoms with Crippen molar-refractivity contribution in [2.24, 2.45) is 17.3 Å². The fourth-order valence-electron chi connectivity index (χ4n) is 5.94. The number of likely N-dealkylation sites (tertiary alicyclic amines) is 1. The zero-order valence-corrected chi connectivity index (χ0v) is 22.1. The molecule has 1 aromatic carbocycles. The van der Waals surface area contributed by atoms with Crippen LogP contribution >= 0.6 is 0 Å². The van der Waals surface area contributed by atoms with Gasteiger partial charge < -0.3 is 10.2 Å². The molecule has 3 aliphatic rings. The van der Waals surface area contributed by atoms with E-state index in [1.807, 2.05) is 25.7 Å². The maximum Gasteiger partial charge on any atom is 0.245 e. The Hall–Kier alpha value is -2.66. The molecule has 0 radical (unpaired) electrons. The maximum atomic E-state index is 14.1. The van der Waals surface area contributed by atoms with Gasteiger partial charge in [0.2, 0.25) is 18.2 Å². The molecular weight excluding hydrogens is 501 g/mol. The summed E-state index contributed by atoms with van der Waals surface area (Å²) in [5.74, 6) is -4.03. The molecule has 5 atom stereocenters. The van der Waals surface area contributed by atoms with Crippen molar-refractivity contribution in [1.29, 1.82) is 0 Å². The number of amides is 3. The van der Waals surface area contributed by atoms with Crippen LogP contribution in [0.2, 0.25) is 0 Å². The monoisotopic (exact) mass is 538 g/mol. The molecule has 1 unspecified atom stereocenters. The molecule has 8 nitrogen and oxygen atoms in total. The quantitative estimate of drug-likeness (QED) is 0.157. The van der Waals surface area contributed by atoms with E-state index in [4.69, 9.17) is 0 Å². The van der Waals surface area contributed by atoms with Gasteiger partial charge in [0, 0.05) is 43.3 Å². The number of nitrogens with zero attached hydrogens (tertiary/aromatic N) is 3. The number of fused-ring (bicyclic) bond motifs is 1. The minimum absolute atomic E-state index is 0.0200. The molecule has 1 saturated carbocycles. The molecule has 1 aromatic rings. The van der Waals surface area contributed by atoms with E-state index in [0.29, 0.717) is 36.6 Å². The van der Waals surface area contributed by atoms with Gasteiger partial charge in [-0.3, -0.25) is 24.5 Å². The Morgan fingerprint density at radius 3 is 2.29 bits per heavy atom. The van der Waals surface area contributed by atoms with Crippen molar-refractivity contribution in [3.05, 3.63) is 35.1 Å². The van der Waals surface area contributed by atoms with Crippen LogP contribution in [-0.2, 0) is 20.9 Å². The fourth-order valence-corrected chi connectivity index (χ4v) is 5.94. The lowest BCUT2D eigenvalue weighted by atomic mass is 9.84. The van der Waals surface area contributed by atoms with Crippen molar-refractivity contribution in [3.8, 4) is 0 Å². The highest BCUT2D eigenvalue weighted by molar-refractivity contribution is 5.89. The first-order valence-electron chi connectivity index (χ1n) is 13.3. The van der Waals surface area contributed by atoms with Crippen LogP contribution in [-0.4, -0.2) is 76.1 Å². The lowest BCUT2D eigenvalue weighted by Crippen LogP contribution is -2.56. The number of carbonyl (C=O) groups is 3. The molecule has 2 aliphatic heterocycles. The van der Waals surface area contributed by atoms with Crippen molar-refractivity contribution >= 4 is 18.2 Å². The zero-order chi connectivity index (χ0) is 27.8. The number of halogens is 3. The summed E-state index contributed by atoms with van der Waals surface area (Å²) in [5.41, 5.74) is -0.535. The second-order valence-corrected chi connectivity index (χ2v) is 12.0. The van der Waals surface area contributed by atoms with Gasteiger partial charge in [0.05, 0.1) is 12.5 Å². The topological polar surface area (TPSA) is 93.0 Å². The Labute approximate surface area is 221 Å².